The highest BCUT2D eigenvalue weighted by Gasteiger charge is 2.27. The van der Waals surface area contributed by atoms with Gasteiger partial charge in [0.15, 0.2) is 0 Å². The summed E-state index contributed by atoms with van der Waals surface area (Å²) in [6, 6.07) is 1.72. The van der Waals surface area contributed by atoms with Gasteiger partial charge in [-0.15, -0.1) is 0 Å². The van der Waals surface area contributed by atoms with Crippen LogP contribution in [0.2, 0.25) is 0 Å². The molecule has 1 fully saturated rings. The summed E-state index contributed by atoms with van der Waals surface area (Å²) in [5, 5.41) is 14.4. The largest absolute Gasteiger partial charge is 0.386 e. The van der Waals surface area contributed by atoms with E-state index in [0.717, 1.165) is 24.8 Å². The number of sulfone groups is 1. The topological polar surface area (TPSA) is 92.5 Å². The van der Waals surface area contributed by atoms with Crippen molar-refractivity contribution in [3.63, 3.8) is 0 Å². The van der Waals surface area contributed by atoms with Crippen LogP contribution in [-0.2, 0) is 27.7 Å². The number of carbonyl (C=O) groups excluding carboxylic acids is 1. The van der Waals surface area contributed by atoms with Gasteiger partial charge in [0.2, 0.25) is 5.91 Å². The summed E-state index contributed by atoms with van der Waals surface area (Å²) in [5.74, 6) is 0.367. The molecular weight excluding hydrogens is 342 g/mol. The highest BCUT2D eigenvalue weighted by molar-refractivity contribution is 7.90. The van der Waals surface area contributed by atoms with Crippen molar-refractivity contribution in [1.82, 2.24) is 14.7 Å². The third kappa shape index (κ3) is 4.82. The molecule has 0 saturated heterocycles. The Kier molecular flexibility index (Phi) is 5.48. The van der Waals surface area contributed by atoms with Crippen LogP contribution >= 0.6 is 0 Å². The fourth-order valence-electron chi connectivity index (χ4n) is 3.80. The number of rotatable bonds is 5. The molecule has 0 radical (unpaired) electrons. The first-order valence-electron chi connectivity index (χ1n) is 9.02. The van der Waals surface area contributed by atoms with Gasteiger partial charge in [-0.05, 0) is 24.8 Å². The highest BCUT2D eigenvalue weighted by Crippen LogP contribution is 2.28. The number of fused-ring (bicyclic) bond motifs is 1. The molecule has 1 atom stereocenters. The molecular formula is C17H27N3O4S. The van der Waals surface area contributed by atoms with Crippen LogP contribution in [0.5, 0.6) is 0 Å². The first kappa shape index (κ1) is 18.4. The molecule has 0 spiro atoms. The van der Waals surface area contributed by atoms with Crippen LogP contribution in [0.25, 0.3) is 0 Å². The van der Waals surface area contributed by atoms with Crippen LogP contribution < -0.4 is 0 Å². The number of carbonyl (C=O) groups is 1. The van der Waals surface area contributed by atoms with Gasteiger partial charge in [0.1, 0.15) is 15.9 Å². The van der Waals surface area contributed by atoms with Gasteiger partial charge in [0.25, 0.3) is 0 Å². The Bertz CT molecular complexity index is 722. The zero-order chi connectivity index (χ0) is 18.0. The molecule has 1 saturated carbocycles. The van der Waals surface area contributed by atoms with Crippen molar-refractivity contribution in [2.45, 2.75) is 57.7 Å². The molecule has 1 aromatic rings. The fourth-order valence-corrected chi connectivity index (χ4v) is 4.55. The molecule has 7 nitrogen and oxygen atoms in total. The molecule has 1 aliphatic carbocycles. The van der Waals surface area contributed by atoms with E-state index in [1.807, 2.05) is 4.90 Å². The van der Waals surface area contributed by atoms with Crippen molar-refractivity contribution in [2.75, 3.05) is 18.6 Å². The van der Waals surface area contributed by atoms with Crippen molar-refractivity contribution >= 4 is 15.7 Å². The molecule has 3 rings (SSSR count). The van der Waals surface area contributed by atoms with Crippen molar-refractivity contribution < 1.29 is 18.3 Å². The minimum Gasteiger partial charge on any atom is -0.386 e. The highest BCUT2D eigenvalue weighted by atomic mass is 32.2. The number of hydrogen-bond donors (Lipinski definition) is 1. The zero-order valence-corrected chi connectivity index (χ0v) is 15.5. The smallest absolute Gasteiger partial charge is 0.223 e. The van der Waals surface area contributed by atoms with E-state index in [-0.39, 0.29) is 11.7 Å². The molecule has 8 heteroatoms. The lowest BCUT2D eigenvalue weighted by molar-refractivity contribution is -0.134. The average Bonchev–Trinajstić information content (AvgIpc) is 2.97. The maximum atomic E-state index is 12.6. The monoisotopic (exact) mass is 369 g/mol. The standard InChI is InChI=1S/C17H27N3O4S/c1-25(23,24)12-16(21)15-10-14-11-19(7-8-20(14)18-15)17(22)9-13-5-3-2-4-6-13/h10,13,16,21H,2-9,11-12H2,1H3. The Labute approximate surface area is 148 Å². The van der Waals surface area contributed by atoms with Gasteiger partial charge in [-0.25, -0.2) is 8.42 Å². The second-order valence-corrected chi connectivity index (χ2v) is 9.60. The summed E-state index contributed by atoms with van der Waals surface area (Å²) < 4.78 is 24.5. The SMILES string of the molecule is CS(=O)(=O)CC(O)c1cc2n(n1)CCN(C(=O)CC1CCCCC1)C2. The summed E-state index contributed by atoms with van der Waals surface area (Å²) in [5.41, 5.74) is 1.22. The van der Waals surface area contributed by atoms with E-state index in [2.05, 4.69) is 5.10 Å². The Hall–Kier alpha value is -1.41. The Balaban J connectivity index is 1.62. The predicted octanol–water partition coefficient (Wildman–Crippen LogP) is 1.27. The van der Waals surface area contributed by atoms with Gasteiger partial charge in [-0.2, -0.15) is 5.10 Å². The fraction of sp³-hybridized carbons (Fsp3) is 0.765. The van der Waals surface area contributed by atoms with Crippen molar-refractivity contribution in [3.05, 3.63) is 17.5 Å². The molecule has 1 N–H and O–H groups in total. The molecule has 2 heterocycles. The maximum absolute atomic E-state index is 12.6. The van der Waals surface area contributed by atoms with Crippen molar-refractivity contribution in [1.29, 1.82) is 0 Å². The molecule has 2 aliphatic rings. The number of aromatic nitrogens is 2. The normalized spacial score (nSPS) is 20.3. The van der Waals surface area contributed by atoms with E-state index in [1.165, 1.54) is 19.3 Å². The molecule has 1 unspecified atom stereocenters. The van der Waals surface area contributed by atoms with Crippen LogP contribution in [0, 0.1) is 5.92 Å². The van der Waals surface area contributed by atoms with Gasteiger partial charge in [-0.3, -0.25) is 9.48 Å². The number of nitrogens with zero attached hydrogens (tertiary/aromatic N) is 3. The Morgan fingerprint density at radius 1 is 1.32 bits per heavy atom. The number of aliphatic hydroxyl groups is 1. The van der Waals surface area contributed by atoms with E-state index in [4.69, 9.17) is 0 Å². The molecule has 1 aliphatic heterocycles. The summed E-state index contributed by atoms with van der Waals surface area (Å²) in [7, 11) is -3.28. The number of amides is 1. The summed E-state index contributed by atoms with van der Waals surface area (Å²) in [6.07, 6.45) is 6.64. The quantitative estimate of drug-likeness (QED) is 0.844. The predicted molar refractivity (Wildman–Crippen MR) is 93.5 cm³/mol. The van der Waals surface area contributed by atoms with Crippen LogP contribution in [0.4, 0.5) is 0 Å². The summed E-state index contributed by atoms with van der Waals surface area (Å²) in [4.78, 5) is 14.4. The minimum absolute atomic E-state index is 0.192. The molecule has 0 aromatic carbocycles. The van der Waals surface area contributed by atoms with Crippen molar-refractivity contribution in [2.24, 2.45) is 5.92 Å². The van der Waals surface area contributed by atoms with Gasteiger partial charge >= 0.3 is 0 Å². The summed E-state index contributed by atoms with van der Waals surface area (Å²) >= 11 is 0. The van der Waals surface area contributed by atoms with E-state index < -0.39 is 15.9 Å². The van der Waals surface area contributed by atoms with Crippen LogP contribution in [0.3, 0.4) is 0 Å². The first-order valence-corrected chi connectivity index (χ1v) is 11.1. The van der Waals surface area contributed by atoms with Gasteiger partial charge in [-0.1, -0.05) is 19.3 Å². The van der Waals surface area contributed by atoms with Gasteiger partial charge < -0.3 is 10.0 Å². The van der Waals surface area contributed by atoms with E-state index in [1.54, 1.807) is 10.7 Å². The van der Waals surface area contributed by atoms with Crippen LogP contribution in [-0.4, -0.2) is 52.7 Å². The molecule has 1 amide bonds. The lowest BCUT2D eigenvalue weighted by atomic mass is 9.86. The summed E-state index contributed by atoms with van der Waals surface area (Å²) in [6.45, 7) is 1.67. The Morgan fingerprint density at radius 3 is 2.72 bits per heavy atom. The zero-order valence-electron chi connectivity index (χ0n) is 14.7. The third-order valence-electron chi connectivity index (χ3n) is 5.16. The van der Waals surface area contributed by atoms with E-state index in [0.29, 0.717) is 37.7 Å². The van der Waals surface area contributed by atoms with Crippen LogP contribution in [0.1, 0.15) is 56.0 Å². The lowest BCUT2D eigenvalue weighted by Crippen LogP contribution is -2.39. The number of hydrogen-bond acceptors (Lipinski definition) is 5. The second-order valence-electron chi connectivity index (χ2n) is 7.42. The van der Waals surface area contributed by atoms with Crippen LogP contribution in [0.15, 0.2) is 6.07 Å². The average molecular weight is 369 g/mol. The molecule has 25 heavy (non-hydrogen) atoms. The third-order valence-corrected chi connectivity index (χ3v) is 6.08. The van der Waals surface area contributed by atoms with E-state index >= 15 is 0 Å². The first-order chi connectivity index (χ1) is 11.8. The van der Waals surface area contributed by atoms with E-state index in [9.17, 15) is 18.3 Å². The number of aliphatic hydroxyl groups excluding tert-OH is 1. The van der Waals surface area contributed by atoms with Gasteiger partial charge in [0.05, 0.1) is 30.2 Å². The second kappa shape index (κ2) is 7.45. The minimum atomic E-state index is -3.28. The maximum Gasteiger partial charge on any atom is 0.223 e. The molecule has 0 bridgehead atoms. The van der Waals surface area contributed by atoms with Crippen molar-refractivity contribution in [3.8, 4) is 0 Å². The molecule has 1 aromatic heterocycles. The lowest BCUT2D eigenvalue weighted by Gasteiger charge is -2.30. The molecule has 140 valence electrons. The Morgan fingerprint density at radius 2 is 2.04 bits per heavy atom. The van der Waals surface area contributed by atoms with Gasteiger partial charge in [0, 0.05) is 19.2 Å².